The molecule has 0 spiro atoms. The van der Waals surface area contributed by atoms with Gasteiger partial charge in [-0.25, -0.2) is 0 Å². The fourth-order valence-electron chi connectivity index (χ4n) is 1.92. The van der Waals surface area contributed by atoms with Crippen LogP contribution < -0.4 is 5.32 Å². The minimum absolute atomic E-state index is 0.185. The zero-order valence-corrected chi connectivity index (χ0v) is 11.3. The fourth-order valence-corrected chi connectivity index (χ4v) is 2.91. The van der Waals surface area contributed by atoms with Crippen LogP contribution in [-0.4, -0.2) is 17.1 Å². The van der Waals surface area contributed by atoms with E-state index in [1.54, 1.807) is 11.3 Å². The molecule has 1 aromatic carbocycles. The topological polar surface area (TPSA) is 49.3 Å². The largest absolute Gasteiger partial charge is 0.480 e. The van der Waals surface area contributed by atoms with Gasteiger partial charge in [0.05, 0.1) is 0 Å². The first-order chi connectivity index (χ1) is 8.63. The summed E-state index contributed by atoms with van der Waals surface area (Å²) in [5, 5.41) is 15.5. The van der Waals surface area contributed by atoms with Gasteiger partial charge in [-0.1, -0.05) is 25.1 Å². The number of carbonyl (C=O) groups is 1. The zero-order chi connectivity index (χ0) is 13.1. The summed E-state index contributed by atoms with van der Waals surface area (Å²) in [5.41, 5.74) is 0.864. The zero-order valence-electron chi connectivity index (χ0n) is 10.5. The normalized spacial score (nSPS) is 14.6. The summed E-state index contributed by atoms with van der Waals surface area (Å²) in [6.45, 7) is 4.05. The lowest BCUT2D eigenvalue weighted by Crippen LogP contribution is -2.34. The van der Waals surface area contributed by atoms with Gasteiger partial charge in [-0.2, -0.15) is 0 Å². The number of fused-ring (bicyclic) bond motifs is 1. The summed E-state index contributed by atoms with van der Waals surface area (Å²) < 4.78 is 1.13. The molecule has 0 saturated carbocycles. The first-order valence-electron chi connectivity index (χ1n) is 6.08. The van der Waals surface area contributed by atoms with E-state index in [0.29, 0.717) is 0 Å². The lowest BCUT2D eigenvalue weighted by atomic mass is 10.0. The third-order valence-electron chi connectivity index (χ3n) is 3.13. The first-order valence-corrected chi connectivity index (χ1v) is 6.96. The van der Waals surface area contributed by atoms with Gasteiger partial charge < -0.3 is 5.11 Å². The summed E-state index contributed by atoms with van der Waals surface area (Å²) in [6, 6.07) is 7.48. The Bertz CT molecular complexity index is 549. The molecule has 4 heteroatoms. The van der Waals surface area contributed by atoms with Crippen molar-refractivity contribution in [2.24, 2.45) is 0 Å². The van der Waals surface area contributed by atoms with Gasteiger partial charge in [0.2, 0.25) is 0 Å². The Balaban J connectivity index is 2.39. The predicted octanol–water partition coefficient (Wildman–Crippen LogP) is 3.42. The first kappa shape index (κ1) is 13.1. The molecule has 1 heterocycles. The molecule has 0 aliphatic rings. The van der Waals surface area contributed by atoms with Crippen molar-refractivity contribution in [1.82, 2.24) is 5.32 Å². The molecule has 0 bridgehead atoms. The van der Waals surface area contributed by atoms with Crippen LogP contribution in [0.5, 0.6) is 0 Å². The van der Waals surface area contributed by atoms with Crippen molar-refractivity contribution in [2.75, 3.05) is 0 Å². The average Bonchev–Trinajstić information content (AvgIpc) is 2.79. The highest BCUT2D eigenvalue weighted by molar-refractivity contribution is 7.17. The van der Waals surface area contributed by atoms with Crippen molar-refractivity contribution in [1.29, 1.82) is 0 Å². The fraction of sp³-hybridized carbons (Fsp3) is 0.357. The molecule has 0 aliphatic carbocycles. The Morgan fingerprint density at radius 3 is 2.83 bits per heavy atom. The SMILES string of the molecule is CCC(C)NC(C(=O)O)c1csc2ccccc12. The average molecular weight is 263 g/mol. The van der Waals surface area contributed by atoms with E-state index >= 15 is 0 Å². The van der Waals surface area contributed by atoms with E-state index in [0.717, 1.165) is 22.1 Å². The van der Waals surface area contributed by atoms with Gasteiger partial charge in [0, 0.05) is 10.7 Å². The number of thiophene rings is 1. The summed E-state index contributed by atoms with van der Waals surface area (Å²) in [4.78, 5) is 11.4. The van der Waals surface area contributed by atoms with Crippen molar-refractivity contribution in [3.8, 4) is 0 Å². The molecule has 96 valence electrons. The van der Waals surface area contributed by atoms with E-state index in [1.807, 2.05) is 43.5 Å². The van der Waals surface area contributed by atoms with Gasteiger partial charge in [0.25, 0.3) is 0 Å². The molecule has 2 atom stereocenters. The van der Waals surface area contributed by atoms with Crippen molar-refractivity contribution in [2.45, 2.75) is 32.4 Å². The minimum atomic E-state index is -0.821. The van der Waals surface area contributed by atoms with Crippen molar-refractivity contribution < 1.29 is 9.90 Å². The highest BCUT2D eigenvalue weighted by Crippen LogP contribution is 2.30. The number of hydrogen-bond donors (Lipinski definition) is 2. The Morgan fingerprint density at radius 2 is 2.17 bits per heavy atom. The number of rotatable bonds is 5. The molecular formula is C14H17NO2S. The van der Waals surface area contributed by atoms with Crippen molar-refractivity contribution >= 4 is 27.4 Å². The van der Waals surface area contributed by atoms with Crippen LogP contribution >= 0.6 is 11.3 Å². The summed E-state index contributed by atoms with van der Waals surface area (Å²) in [5.74, 6) is -0.821. The highest BCUT2D eigenvalue weighted by atomic mass is 32.1. The molecule has 1 aromatic heterocycles. The lowest BCUT2D eigenvalue weighted by Gasteiger charge is -2.18. The lowest BCUT2D eigenvalue weighted by molar-refractivity contribution is -0.139. The second kappa shape index (κ2) is 5.50. The third-order valence-corrected chi connectivity index (χ3v) is 4.11. The Kier molecular flexibility index (Phi) is 3.99. The van der Waals surface area contributed by atoms with Crippen LogP contribution in [-0.2, 0) is 4.79 Å². The van der Waals surface area contributed by atoms with Crippen LogP contribution in [0.1, 0.15) is 31.9 Å². The number of carboxylic acid groups (broad SMARTS) is 1. The van der Waals surface area contributed by atoms with Crippen molar-refractivity contribution in [3.63, 3.8) is 0 Å². The van der Waals surface area contributed by atoms with Crippen LogP contribution in [0.4, 0.5) is 0 Å². The van der Waals surface area contributed by atoms with Crippen LogP contribution in [0.25, 0.3) is 10.1 Å². The smallest absolute Gasteiger partial charge is 0.325 e. The van der Waals surface area contributed by atoms with E-state index in [1.165, 1.54) is 0 Å². The maximum Gasteiger partial charge on any atom is 0.325 e. The summed E-state index contributed by atoms with van der Waals surface area (Å²) in [6.07, 6.45) is 0.909. The molecule has 18 heavy (non-hydrogen) atoms. The molecule has 2 rings (SSSR count). The number of hydrogen-bond acceptors (Lipinski definition) is 3. The molecule has 2 N–H and O–H groups in total. The molecule has 0 aliphatic heterocycles. The van der Waals surface area contributed by atoms with Gasteiger partial charge in [-0.3, -0.25) is 10.1 Å². The number of aliphatic carboxylic acids is 1. The number of benzene rings is 1. The molecule has 2 aromatic rings. The molecule has 0 amide bonds. The van der Waals surface area contributed by atoms with Crippen LogP contribution in [0, 0.1) is 0 Å². The second-order valence-electron chi connectivity index (χ2n) is 4.43. The van der Waals surface area contributed by atoms with E-state index in [2.05, 4.69) is 5.32 Å². The number of carboxylic acids is 1. The predicted molar refractivity (Wildman–Crippen MR) is 75.1 cm³/mol. The van der Waals surface area contributed by atoms with E-state index in [-0.39, 0.29) is 6.04 Å². The van der Waals surface area contributed by atoms with Crippen LogP contribution in [0.3, 0.4) is 0 Å². The van der Waals surface area contributed by atoms with Crippen LogP contribution in [0.15, 0.2) is 29.6 Å². The minimum Gasteiger partial charge on any atom is -0.480 e. The second-order valence-corrected chi connectivity index (χ2v) is 5.35. The van der Waals surface area contributed by atoms with E-state index < -0.39 is 12.0 Å². The molecule has 0 radical (unpaired) electrons. The standard InChI is InChI=1S/C14H17NO2S/c1-3-9(2)15-13(14(16)17)11-8-18-12-7-5-4-6-10(11)12/h4-9,13,15H,3H2,1-2H3,(H,16,17). The molecule has 0 fully saturated rings. The van der Waals surface area contributed by atoms with Crippen LogP contribution in [0.2, 0.25) is 0 Å². The van der Waals surface area contributed by atoms with Gasteiger partial charge in [-0.05, 0) is 35.7 Å². The molecule has 3 nitrogen and oxygen atoms in total. The Hall–Kier alpha value is -1.39. The van der Waals surface area contributed by atoms with Gasteiger partial charge in [0.1, 0.15) is 6.04 Å². The van der Waals surface area contributed by atoms with Gasteiger partial charge in [0.15, 0.2) is 0 Å². The van der Waals surface area contributed by atoms with Crippen molar-refractivity contribution in [3.05, 3.63) is 35.2 Å². The molecular weight excluding hydrogens is 246 g/mol. The van der Waals surface area contributed by atoms with E-state index in [9.17, 15) is 9.90 Å². The monoisotopic (exact) mass is 263 g/mol. The Morgan fingerprint density at radius 1 is 1.44 bits per heavy atom. The maximum absolute atomic E-state index is 11.4. The summed E-state index contributed by atoms with van der Waals surface area (Å²) >= 11 is 1.59. The van der Waals surface area contributed by atoms with Gasteiger partial charge >= 0.3 is 5.97 Å². The number of nitrogens with one attached hydrogen (secondary N) is 1. The quantitative estimate of drug-likeness (QED) is 0.869. The summed E-state index contributed by atoms with van der Waals surface area (Å²) in [7, 11) is 0. The molecule has 0 saturated heterocycles. The van der Waals surface area contributed by atoms with Gasteiger partial charge in [-0.15, -0.1) is 11.3 Å². The third kappa shape index (κ3) is 2.54. The highest BCUT2D eigenvalue weighted by Gasteiger charge is 2.23. The maximum atomic E-state index is 11.4. The van der Waals surface area contributed by atoms with E-state index in [4.69, 9.17) is 0 Å². The Labute approximate surface area is 110 Å². The molecule has 2 unspecified atom stereocenters.